The Bertz CT molecular complexity index is 652. The van der Waals surface area contributed by atoms with Gasteiger partial charge in [-0.25, -0.2) is 0 Å². The highest BCUT2D eigenvalue weighted by Crippen LogP contribution is 2.29. The van der Waals surface area contributed by atoms with Gasteiger partial charge in [0.1, 0.15) is 0 Å². The summed E-state index contributed by atoms with van der Waals surface area (Å²) in [6.45, 7) is 5.32. The maximum atomic E-state index is 12.7. The minimum absolute atomic E-state index is 0.252. The molecule has 5 nitrogen and oxygen atoms in total. The summed E-state index contributed by atoms with van der Waals surface area (Å²) in [6.07, 6.45) is -2.20. The summed E-state index contributed by atoms with van der Waals surface area (Å²) >= 11 is 0. The Kier molecular flexibility index (Phi) is 11.8. The van der Waals surface area contributed by atoms with E-state index in [0.29, 0.717) is 37.9 Å². The van der Waals surface area contributed by atoms with Crippen molar-refractivity contribution >= 4 is 5.96 Å². The molecule has 2 N–H and O–H groups in total. The van der Waals surface area contributed by atoms with E-state index in [2.05, 4.69) is 34.4 Å². The molecule has 1 aromatic rings. The number of unbranched alkanes of at least 4 members (excludes halogenated alkanes) is 1. The number of guanidine groups is 1. The number of hydrogen-bond donors (Lipinski definition) is 2. The van der Waals surface area contributed by atoms with Crippen LogP contribution in [0, 0.1) is 11.8 Å². The second-order valence-corrected chi connectivity index (χ2v) is 5.81. The van der Waals surface area contributed by atoms with Crippen molar-refractivity contribution in [2.75, 3.05) is 46.6 Å². The van der Waals surface area contributed by atoms with Crippen LogP contribution in [-0.2, 0) is 15.7 Å². The van der Waals surface area contributed by atoms with E-state index in [9.17, 15) is 13.2 Å². The van der Waals surface area contributed by atoms with Gasteiger partial charge >= 0.3 is 6.18 Å². The molecule has 0 aliphatic rings. The van der Waals surface area contributed by atoms with Gasteiger partial charge in [-0.2, -0.15) is 13.2 Å². The predicted molar refractivity (Wildman–Crippen MR) is 104 cm³/mol. The minimum atomic E-state index is -4.37. The topological polar surface area (TPSA) is 54.9 Å². The molecule has 0 spiro atoms. The molecule has 0 aliphatic heterocycles. The van der Waals surface area contributed by atoms with Crippen LogP contribution >= 0.6 is 0 Å². The standard InChI is InChI=1S/C20H28F3N3O2/c1-3-4-12-27-14-15-28-13-11-26-19(24-2)25-10-6-8-17-7-5-9-18(16-17)20(21,22)23/h5,7,9,16H,3-4,10-15H2,1-2H3,(H2,24,25,26). The van der Waals surface area contributed by atoms with Gasteiger partial charge in [0.25, 0.3) is 0 Å². The number of nitrogens with one attached hydrogen (secondary N) is 2. The number of nitrogens with zero attached hydrogens (tertiary/aromatic N) is 1. The Morgan fingerprint density at radius 1 is 1.11 bits per heavy atom. The Hall–Kier alpha value is -2.24. The van der Waals surface area contributed by atoms with Gasteiger partial charge in [0, 0.05) is 25.8 Å². The van der Waals surface area contributed by atoms with Gasteiger partial charge in [-0.3, -0.25) is 4.99 Å². The first kappa shape index (κ1) is 23.8. The minimum Gasteiger partial charge on any atom is -0.379 e. The van der Waals surface area contributed by atoms with E-state index < -0.39 is 11.7 Å². The zero-order chi connectivity index (χ0) is 20.7. The van der Waals surface area contributed by atoms with Crippen molar-refractivity contribution in [3.05, 3.63) is 35.4 Å². The van der Waals surface area contributed by atoms with Gasteiger partial charge < -0.3 is 20.1 Å². The molecule has 0 unspecified atom stereocenters. The largest absolute Gasteiger partial charge is 0.416 e. The first-order valence-electron chi connectivity index (χ1n) is 9.23. The quantitative estimate of drug-likeness (QED) is 0.275. The van der Waals surface area contributed by atoms with E-state index >= 15 is 0 Å². The highest BCUT2D eigenvalue weighted by molar-refractivity contribution is 5.79. The molecule has 0 aliphatic carbocycles. The molecular weight excluding hydrogens is 371 g/mol. The number of hydrogen-bond acceptors (Lipinski definition) is 3. The Morgan fingerprint density at radius 3 is 2.54 bits per heavy atom. The average Bonchev–Trinajstić information content (AvgIpc) is 2.68. The second-order valence-electron chi connectivity index (χ2n) is 5.81. The molecular formula is C20H28F3N3O2. The molecule has 28 heavy (non-hydrogen) atoms. The number of halogens is 3. The van der Waals surface area contributed by atoms with Gasteiger partial charge in [0.05, 0.1) is 31.9 Å². The van der Waals surface area contributed by atoms with Crippen LogP contribution in [0.3, 0.4) is 0 Å². The van der Waals surface area contributed by atoms with Crippen LogP contribution in [0.4, 0.5) is 13.2 Å². The van der Waals surface area contributed by atoms with Crippen LogP contribution in [0.5, 0.6) is 0 Å². The lowest BCUT2D eigenvalue weighted by Crippen LogP contribution is -2.39. The molecule has 0 amide bonds. The van der Waals surface area contributed by atoms with E-state index in [-0.39, 0.29) is 6.54 Å². The lowest BCUT2D eigenvalue weighted by molar-refractivity contribution is -0.137. The van der Waals surface area contributed by atoms with Crippen LogP contribution in [-0.4, -0.2) is 52.5 Å². The van der Waals surface area contributed by atoms with Crippen LogP contribution in [0.15, 0.2) is 29.3 Å². The number of ether oxygens (including phenoxy) is 2. The zero-order valence-corrected chi connectivity index (χ0v) is 16.4. The zero-order valence-electron chi connectivity index (χ0n) is 16.4. The highest BCUT2D eigenvalue weighted by Gasteiger charge is 2.30. The molecule has 1 aromatic carbocycles. The van der Waals surface area contributed by atoms with Gasteiger partial charge in [0.15, 0.2) is 5.96 Å². The molecule has 0 aromatic heterocycles. The number of rotatable bonds is 10. The van der Waals surface area contributed by atoms with E-state index in [1.54, 1.807) is 13.1 Å². The molecule has 1 rings (SSSR count). The summed E-state index contributed by atoms with van der Waals surface area (Å²) in [6, 6.07) is 4.94. The fraction of sp³-hybridized carbons (Fsp3) is 0.550. The van der Waals surface area contributed by atoms with Crippen molar-refractivity contribution in [1.29, 1.82) is 0 Å². The molecule has 0 saturated heterocycles. The summed E-state index contributed by atoms with van der Waals surface area (Å²) in [5.41, 5.74) is -0.394. The van der Waals surface area contributed by atoms with E-state index in [1.807, 2.05) is 0 Å². The number of alkyl halides is 3. The molecule has 8 heteroatoms. The first-order chi connectivity index (χ1) is 13.5. The second kappa shape index (κ2) is 13.9. The monoisotopic (exact) mass is 399 g/mol. The predicted octanol–water partition coefficient (Wildman–Crippen LogP) is 3.06. The summed E-state index contributed by atoms with van der Waals surface area (Å²) in [5, 5.41) is 6.04. The van der Waals surface area contributed by atoms with E-state index in [0.717, 1.165) is 31.6 Å². The summed E-state index contributed by atoms with van der Waals surface area (Å²) in [5.74, 6) is 6.03. The van der Waals surface area contributed by atoms with Crippen LogP contribution in [0.25, 0.3) is 0 Å². The first-order valence-corrected chi connectivity index (χ1v) is 9.23. The highest BCUT2D eigenvalue weighted by atomic mass is 19.4. The fourth-order valence-corrected chi connectivity index (χ4v) is 2.08. The van der Waals surface area contributed by atoms with E-state index in [4.69, 9.17) is 9.47 Å². The normalized spacial score (nSPS) is 11.7. The van der Waals surface area contributed by atoms with Crippen molar-refractivity contribution in [1.82, 2.24) is 10.6 Å². The van der Waals surface area contributed by atoms with Crippen molar-refractivity contribution in [2.45, 2.75) is 25.9 Å². The molecule has 0 saturated carbocycles. The third-order valence-corrected chi connectivity index (χ3v) is 3.54. The van der Waals surface area contributed by atoms with Crippen LogP contribution in [0.1, 0.15) is 30.9 Å². The third-order valence-electron chi connectivity index (χ3n) is 3.54. The van der Waals surface area contributed by atoms with Crippen molar-refractivity contribution < 1.29 is 22.6 Å². The van der Waals surface area contributed by atoms with Crippen molar-refractivity contribution in [2.24, 2.45) is 4.99 Å². The summed E-state index contributed by atoms with van der Waals surface area (Å²) in [4.78, 5) is 4.04. The number of aliphatic imine (C=N–C) groups is 1. The molecule has 0 heterocycles. The third kappa shape index (κ3) is 10.8. The molecule has 156 valence electrons. The lowest BCUT2D eigenvalue weighted by atomic mass is 10.1. The maximum Gasteiger partial charge on any atom is 0.416 e. The lowest BCUT2D eigenvalue weighted by Gasteiger charge is -2.10. The maximum absolute atomic E-state index is 12.7. The van der Waals surface area contributed by atoms with E-state index in [1.165, 1.54) is 6.07 Å². The van der Waals surface area contributed by atoms with Crippen molar-refractivity contribution in [3.63, 3.8) is 0 Å². The van der Waals surface area contributed by atoms with Gasteiger partial charge in [-0.05, 0) is 24.6 Å². The Morgan fingerprint density at radius 2 is 1.86 bits per heavy atom. The molecule has 0 bridgehead atoms. The van der Waals surface area contributed by atoms with Crippen LogP contribution in [0.2, 0.25) is 0 Å². The summed E-state index contributed by atoms with van der Waals surface area (Å²) < 4.78 is 48.8. The van der Waals surface area contributed by atoms with Crippen LogP contribution < -0.4 is 10.6 Å². The molecule has 0 radical (unpaired) electrons. The Labute approximate surface area is 164 Å². The number of benzene rings is 1. The van der Waals surface area contributed by atoms with Crippen molar-refractivity contribution in [3.8, 4) is 11.8 Å². The molecule has 0 fully saturated rings. The fourth-order valence-electron chi connectivity index (χ4n) is 2.08. The van der Waals surface area contributed by atoms with Gasteiger partial charge in [-0.15, -0.1) is 0 Å². The van der Waals surface area contributed by atoms with Gasteiger partial charge in [0.2, 0.25) is 0 Å². The molecule has 0 atom stereocenters. The van der Waals surface area contributed by atoms with Gasteiger partial charge in [-0.1, -0.05) is 31.3 Å². The summed E-state index contributed by atoms with van der Waals surface area (Å²) in [7, 11) is 1.62. The Balaban J connectivity index is 2.23. The smallest absolute Gasteiger partial charge is 0.379 e. The SMILES string of the molecule is CCCCOCCOCCNC(=NC)NCC#Cc1cccc(C(F)(F)F)c1. The average molecular weight is 399 g/mol.